The van der Waals surface area contributed by atoms with Crippen LogP contribution in [0.2, 0.25) is 0 Å². The van der Waals surface area contributed by atoms with Crippen LogP contribution < -0.4 is 0 Å². The smallest absolute Gasteiger partial charge is 0.338 e. The molecular weight excluding hydrogens is 350 g/mol. The first kappa shape index (κ1) is 20.5. The number of amides is 1. The summed E-state index contributed by atoms with van der Waals surface area (Å²) in [6, 6.07) is 6.62. The van der Waals surface area contributed by atoms with Gasteiger partial charge in [0.15, 0.2) is 0 Å². The highest BCUT2D eigenvalue weighted by molar-refractivity contribution is 6.13. The molecule has 0 atom stereocenters. The highest BCUT2D eigenvalue weighted by atomic mass is 16.5. The highest BCUT2D eigenvalue weighted by Gasteiger charge is 2.41. The Kier molecular flexibility index (Phi) is 6.98. The Labute approximate surface area is 158 Å². The van der Waals surface area contributed by atoms with Gasteiger partial charge in [0.25, 0.3) is 5.91 Å². The van der Waals surface area contributed by atoms with Crippen molar-refractivity contribution in [3.05, 3.63) is 41.2 Å². The van der Waals surface area contributed by atoms with Crippen LogP contribution >= 0.6 is 0 Å². The lowest BCUT2D eigenvalue weighted by atomic mass is 10.0. The molecule has 27 heavy (non-hydrogen) atoms. The summed E-state index contributed by atoms with van der Waals surface area (Å²) >= 11 is 0. The summed E-state index contributed by atoms with van der Waals surface area (Å²) < 4.78 is 15.7. The van der Waals surface area contributed by atoms with Gasteiger partial charge in [0.1, 0.15) is 12.2 Å². The fourth-order valence-corrected chi connectivity index (χ4v) is 2.54. The molecule has 1 heterocycles. The minimum absolute atomic E-state index is 0.182. The monoisotopic (exact) mass is 375 g/mol. The standard InChI is InChI=1S/C20H25NO6/c1-5-11-26-16(22)12-21-17(18(19(21)23)27-13(3)4)14-7-9-15(10-8-14)20(24)25-6-2/h7-10,13H,5-6,11-12H2,1-4H3. The van der Waals surface area contributed by atoms with Gasteiger partial charge in [-0.25, -0.2) is 4.79 Å². The lowest BCUT2D eigenvalue weighted by Crippen LogP contribution is -2.45. The van der Waals surface area contributed by atoms with Gasteiger partial charge < -0.3 is 14.2 Å². The molecule has 1 aromatic carbocycles. The Hall–Kier alpha value is -2.83. The molecule has 0 unspecified atom stereocenters. The molecule has 7 nitrogen and oxygen atoms in total. The topological polar surface area (TPSA) is 82.1 Å². The van der Waals surface area contributed by atoms with E-state index < -0.39 is 11.9 Å². The minimum atomic E-state index is -0.477. The molecule has 1 aromatic rings. The Balaban J connectivity index is 2.26. The van der Waals surface area contributed by atoms with Gasteiger partial charge in [-0.05, 0) is 39.3 Å². The lowest BCUT2D eigenvalue weighted by molar-refractivity contribution is -0.148. The van der Waals surface area contributed by atoms with E-state index in [0.29, 0.717) is 36.5 Å². The maximum atomic E-state index is 12.4. The van der Waals surface area contributed by atoms with Crippen molar-refractivity contribution in [2.45, 2.75) is 40.2 Å². The summed E-state index contributed by atoms with van der Waals surface area (Å²) in [5, 5.41) is 0. The summed E-state index contributed by atoms with van der Waals surface area (Å²) in [5.41, 5.74) is 1.59. The average Bonchev–Trinajstić information content (AvgIpc) is 2.65. The number of rotatable bonds is 9. The van der Waals surface area contributed by atoms with Crippen LogP contribution in [0.5, 0.6) is 0 Å². The van der Waals surface area contributed by atoms with Gasteiger partial charge >= 0.3 is 11.9 Å². The van der Waals surface area contributed by atoms with Crippen molar-refractivity contribution in [2.24, 2.45) is 0 Å². The SMILES string of the molecule is CCCOC(=O)CN1C(=O)C(OC(C)C)=C1c1ccc(C(=O)OCC)cc1. The Bertz CT molecular complexity index is 735. The number of ether oxygens (including phenoxy) is 3. The second kappa shape index (κ2) is 9.21. The van der Waals surface area contributed by atoms with Gasteiger partial charge in [-0.15, -0.1) is 0 Å². The average molecular weight is 375 g/mol. The maximum Gasteiger partial charge on any atom is 0.338 e. The van der Waals surface area contributed by atoms with E-state index in [1.807, 2.05) is 20.8 Å². The molecule has 0 saturated heterocycles. The molecule has 0 spiro atoms. The van der Waals surface area contributed by atoms with Crippen molar-refractivity contribution >= 4 is 23.5 Å². The highest BCUT2D eigenvalue weighted by Crippen LogP contribution is 2.35. The second-order valence-corrected chi connectivity index (χ2v) is 6.25. The van der Waals surface area contributed by atoms with Crippen LogP contribution in [0, 0.1) is 0 Å². The maximum absolute atomic E-state index is 12.4. The molecule has 0 saturated carbocycles. The van der Waals surface area contributed by atoms with Crippen LogP contribution in [0.25, 0.3) is 5.70 Å². The molecule has 1 amide bonds. The van der Waals surface area contributed by atoms with Crippen LogP contribution in [0.1, 0.15) is 50.0 Å². The third-order valence-corrected chi connectivity index (χ3v) is 3.70. The third-order valence-electron chi connectivity index (χ3n) is 3.70. The van der Waals surface area contributed by atoms with E-state index in [1.54, 1.807) is 31.2 Å². The molecule has 0 fully saturated rings. The lowest BCUT2D eigenvalue weighted by Gasteiger charge is -2.36. The van der Waals surface area contributed by atoms with Gasteiger partial charge in [0.2, 0.25) is 5.76 Å². The second-order valence-electron chi connectivity index (χ2n) is 6.25. The fourth-order valence-electron chi connectivity index (χ4n) is 2.54. The van der Waals surface area contributed by atoms with Crippen molar-refractivity contribution in [2.75, 3.05) is 19.8 Å². The normalized spacial score (nSPS) is 13.5. The molecule has 7 heteroatoms. The van der Waals surface area contributed by atoms with Crippen molar-refractivity contribution < 1.29 is 28.6 Å². The number of esters is 2. The number of carbonyl (C=O) groups is 3. The van der Waals surface area contributed by atoms with Crippen molar-refractivity contribution in [3.63, 3.8) is 0 Å². The molecule has 1 aliphatic rings. The first-order valence-electron chi connectivity index (χ1n) is 9.05. The zero-order valence-corrected chi connectivity index (χ0v) is 16.1. The largest absolute Gasteiger partial charge is 0.484 e. The van der Waals surface area contributed by atoms with E-state index in [1.165, 1.54) is 4.90 Å². The first-order valence-corrected chi connectivity index (χ1v) is 9.05. The zero-order chi connectivity index (χ0) is 20.0. The summed E-state index contributed by atoms with van der Waals surface area (Å²) in [4.78, 5) is 37.5. The molecule has 0 bridgehead atoms. The number of benzene rings is 1. The van der Waals surface area contributed by atoms with Crippen molar-refractivity contribution in [1.29, 1.82) is 0 Å². The molecular formula is C20H25NO6. The summed E-state index contributed by atoms with van der Waals surface area (Å²) in [6.45, 7) is 7.69. The minimum Gasteiger partial charge on any atom is -0.484 e. The predicted molar refractivity (Wildman–Crippen MR) is 98.5 cm³/mol. The summed E-state index contributed by atoms with van der Waals surface area (Å²) in [6.07, 6.45) is 0.520. The Morgan fingerprint density at radius 2 is 1.74 bits per heavy atom. The van der Waals surface area contributed by atoms with E-state index >= 15 is 0 Å². The van der Waals surface area contributed by atoms with E-state index in [0.717, 1.165) is 0 Å². The molecule has 0 N–H and O–H groups in total. The van der Waals surface area contributed by atoms with Crippen molar-refractivity contribution in [1.82, 2.24) is 4.90 Å². The van der Waals surface area contributed by atoms with Gasteiger partial charge in [0.05, 0.1) is 24.9 Å². The van der Waals surface area contributed by atoms with E-state index in [2.05, 4.69) is 0 Å². The summed E-state index contributed by atoms with van der Waals surface area (Å²) in [5.74, 6) is -1.05. The van der Waals surface area contributed by atoms with Gasteiger partial charge in [-0.3, -0.25) is 14.5 Å². The number of hydrogen-bond acceptors (Lipinski definition) is 6. The Morgan fingerprint density at radius 3 is 2.30 bits per heavy atom. The van der Waals surface area contributed by atoms with Crippen LogP contribution in [-0.2, 0) is 23.8 Å². The van der Waals surface area contributed by atoms with Crippen LogP contribution in [0.3, 0.4) is 0 Å². The summed E-state index contributed by atoms with van der Waals surface area (Å²) in [7, 11) is 0. The zero-order valence-electron chi connectivity index (χ0n) is 16.1. The van der Waals surface area contributed by atoms with Crippen LogP contribution in [0.4, 0.5) is 0 Å². The van der Waals surface area contributed by atoms with Crippen LogP contribution in [-0.4, -0.2) is 48.6 Å². The molecule has 0 radical (unpaired) electrons. The fraction of sp³-hybridized carbons (Fsp3) is 0.450. The predicted octanol–water partition coefficient (Wildman–Crippen LogP) is 2.75. The van der Waals surface area contributed by atoms with E-state index in [9.17, 15) is 14.4 Å². The first-order chi connectivity index (χ1) is 12.9. The van der Waals surface area contributed by atoms with Gasteiger partial charge in [-0.1, -0.05) is 19.1 Å². The van der Waals surface area contributed by atoms with Gasteiger partial charge in [0, 0.05) is 5.56 Å². The molecule has 0 aliphatic carbocycles. The van der Waals surface area contributed by atoms with Gasteiger partial charge in [-0.2, -0.15) is 0 Å². The molecule has 1 aliphatic heterocycles. The molecule has 0 aromatic heterocycles. The molecule has 2 rings (SSSR count). The third kappa shape index (κ3) is 4.87. The number of hydrogen-bond donors (Lipinski definition) is 0. The number of nitrogens with zero attached hydrogens (tertiary/aromatic N) is 1. The van der Waals surface area contributed by atoms with Crippen LogP contribution in [0.15, 0.2) is 30.0 Å². The Morgan fingerprint density at radius 1 is 1.07 bits per heavy atom. The number of carbonyl (C=O) groups excluding carboxylic acids is 3. The molecule has 146 valence electrons. The van der Waals surface area contributed by atoms with Crippen molar-refractivity contribution in [3.8, 4) is 0 Å². The van der Waals surface area contributed by atoms with E-state index in [4.69, 9.17) is 14.2 Å². The van der Waals surface area contributed by atoms with E-state index in [-0.39, 0.29) is 24.3 Å². The quantitative estimate of drug-likeness (QED) is 0.617.